The Bertz CT molecular complexity index is 1040. The first-order valence-electron chi connectivity index (χ1n) is 14.6. The summed E-state index contributed by atoms with van der Waals surface area (Å²) in [6.07, 6.45) is -1.09. The van der Waals surface area contributed by atoms with Crippen molar-refractivity contribution in [2.75, 3.05) is 59.3 Å². The molecule has 45 heavy (non-hydrogen) atoms. The molecule has 2 N–H and O–H groups in total. The van der Waals surface area contributed by atoms with E-state index in [2.05, 4.69) is 20.3 Å². The van der Waals surface area contributed by atoms with Crippen LogP contribution >= 0.6 is 0 Å². The summed E-state index contributed by atoms with van der Waals surface area (Å²) in [5.74, 6) is -4.82. The summed E-state index contributed by atoms with van der Waals surface area (Å²) in [6.45, 7) is 4.25. The third kappa shape index (κ3) is 15.5. The molecule has 0 aliphatic carbocycles. The van der Waals surface area contributed by atoms with Gasteiger partial charge in [0.2, 0.25) is 11.8 Å². The molecule has 0 saturated carbocycles. The number of carbonyl (C=O) groups is 8. The number of hydrogen-bond acceptors (Lipinski definition) is 14. The van der Waals surface area contributed by atoms with E-state index < -0.39 is 47.4 Å². The van der Waals surface area contributed by atoms with Crippen LogP contribution in [0, 0.1) is 0 Å². The molecule has 2 aliphatic heterocycles. The third-order valence-corrected chi connectivity index (χ3v) is 6.00. The number of nitrogens with one attached hydrogen (secondary N) is 2. The van der Waals surface area contributed by atoms with E-state index in [1.807, 2.05) is 6.92 Å². The Hall–Kier alpha value is -4.00. The fourth-order valence-corrected chi connectivity index (χ4v) is 3.67. The number of hydrogen-bond donors (Lipinski definition) is 2. The lowest BCUT2D eigenvalue weighted by Gasteiger charge is -2.14. The van der Waals surface area contributed by atoms with Gasteiger partial charge in [0.1, 0.15) is 0 Å². The van der Waals surface area contributed by atoms with Crippen LogP contribution in [0.2, 0.25) is 0 Å². The van der Waals surface area contributed by atoms with Gasteiger partial charge in [-0.2, -0.15) is 0 Å². The van der Waals surface area contributed by atoms with Crippen LogP contribution in [0.15, 0.2) is 0 Å². The predicted octanol–water partition coefficient (Wildman–Crippen LogP) is -1.55. The lowest BCUT2D eigenvalue weighted by Crippen LogP contribution is -2.33. The summed E-state index contributed by atoms with van der Waals surface area (Å²) in [7, 11) is 0. The van der Waals surface area contributed by atoms with Crippen LogP contribution < -0.4 is 10.6 Å². The topological polar surface area (TPSA) is 222 Å². The zero-order valence-electron chi connectivity index (χ0n) is 25.2. The van der Waals surface area contributed by atoms with Crippen molar-refractivity contribution in [1.29, 1.82) is 0 Å². The maximum absolute atomic E-state index is 11.8. The van der Waals surface area contributed by atoms with Crippen LogP contribution in [-0.2, 0) is 67.0 Å². The van der Waals surface area contributed by atoms with Crippen molar-refractivity contribution >= 4 is 47.4 Å². The molecule has 0 aromatic heterocycles. The second kappa shape index (κ2) is 20.9. The maximum atomic E-state index is 11.8. The van der Waals surface area contributed by atoms with E-state index in [-0.39, 0.29) is 90.4 Å². The van der Waals surface area contributed by atoms with Crippen LogP contribution in [0.25, 0.3) is 0 Å². The summed E-state index contributed by atoms with van der Waals surface area (Å²) in [4.78, 5) is 102. The number of amides is 6. The fourth-order valence-electron chi connectivity index (χ4n) is 3.67. The average molecular weight is 645 g/mol. The van der Waals surface area contributed by atoms with Crippen molar-refractivity contribution in [2.45, 2.75) is 64.4 Å². The molecule has 6 amide bonds. The highest BCUT2D eigenvalue weighted by atomic mass is 16.7. The highest BCUT2D eigenvalue weighted by Crippen LogP contribution is 2.14. The van der Waals surface area contributed by atoms with Crippen LogP contribution in [0.4, 0.5) is 0 Å². The molecule has 2 saturated heterocycles. The number of ether oxygens (including phenoxy) is 4. The smallest absolute Gasteiger partial charge is 0.333 e. The van der Waals surface area contributed by atoms with Crippen molar-refractivity contribution in [2.24, 2.45) is 0 Å². The summed E-state index contributed by atoms with van der Waals surface area (Å²) < 4.78 is 21.8. The van der Waals surface area contributed by atoms with E-state index in [0.717, 1.165) is 0 Å². The minimum absolute atomic E-state index is 0.00326. The number of hydroxylamine groups is 4. The van der Waals surface area contributed by atoms with Gasteiger partial charge in [0, 0.05) is 51.6 Å². The number of carbonyl (C=O) groups excluding carboxylic acids is 8. The quantitative estimate of drug-likeness (QED) is 0.0950. The molecule has 18 heteroatoms. The van der Waals surface area contributed by atoms with Gasteiger partial charge >= 0.3 is 11.9 Å². The van der Waals surface area contributed by atoms with Crippen LogP contribution in [-0.4, -0.2) is 123 Å². The standard InChI is InChI=1S/C27H40N4O14/c1-19(43-17-16-41-13-11-29-21(33)3-9-27(39)45-31-24(36)6-7-25(31)37)18-42-15-14-40-12-10-28-20(32)2-8-26(38)44-30-22(34)4-5-23(30)35/h19H,2-18H2,1H3,(H,28,32)(H,29,33). The molecule has 1 unspecified atom stereocenters. The lowest BCUT2D eigenvalue weighted by atomic mass is 10.3. The van der Waals surface area contributed by atoms with E-state index >= 15 is 0 Å². The highest BCUT2D eigenvalue weighted by Gasteiger charge is 2.33. The summed E-state index contributed by atoms with van der Waals surface area (Å²) >= 11 is 0. The number of imide groups is 2. The summed E-state index contributed by atoms with van der Waals surface area (Å²) in [5, 5.41) is 6.04. The zero-order chi connectivity index (χ0) is 33.0. The maximum Gasteiger partial charge on any atom is 0.333 e. The lowest BCUT2D eigenvalue weighted by molar-refractivity contribution is -0.197. The van der Waals surface area contributed by atoms with Gasteiger partial charge in [-0.25, -0.2) is 9.59 Å². The Balaban J connectivity index is 1.33. The molecule has 18 nitrogen and oxygen atoms in total. The van der Waals surface area contributed by atoms with Gasteiger partial charge in [0.15, 0.2) is 0 Å². The SMILES string of the molecule is CC(COCCOCCNC(=O)CCC(=O)ON1C(=O)CCC1=O)OCCOCCNC(=O)CCC(=O)ON1C(=O)CCC1=O. The Labute approximate surface area is 259 Å². The van der Waals surface area contributed by atoms with Gasteiger partial charge in [-0.1, -0.05) is 0 Å². The predicted molar refractivity (Wildman–Crippen MR) is 147 cm³/mol. The molecule has 0 aromatic carbocycles. The Kier molecular flexibility index (Phi) is 17.2. The zero-order valence-corrected chi connectivity index (χ0v) is 25.2. The normalized spacial score (nSPS) is 15.4. The molecule has 0 aromatic rings. The van der Waals surface area contributed by atoms with E-state index in [0.29, 0.717) is 36.6 Å². The number of rotatable bonds is 23. The van der Waals surface area contributed by atoms with Crippen molar-refractivity contribution < 1.29 is 67.0 Å². The van der Waals surface area contributed by atoms with Gasteiger partial charge in [-0.15, -0.1) is 10.1 Å². The molecule has 2 fully saturated rings. The molecule has 0 radical (unpaired) electrons. The first-order chi connectivity index (χ1) is 21.6. The molecule has 2 heterocycles. The van der Waals surface area contributed by atoms with Crippen LogP contribution in [0.1, 0.15) is 58.3 Å². The highest BCUT2D eigenvalue weighted by molar-refractivity contribution is 6.02. The van der Waals surface area contributed by atoms with Crippen molar-refractivity contribution in [3.05, 3.63) is 0 Å². The molecule has 0 bridgehead atoms. The van der Waals surface area contributed by atoms with E-state index in [1.54, 1.807) is 0 Å². The van der Waals surface area contributed by atoms with E-state index in [4.69, 9.17) is 18.9 Å². The van der Waals surface area contributed by atoms with Gasteiger partial charge < -0.3 is 39.3 Å². The second-order valence-corrected chi connectivity index (χ2v) is 9.77. The largest absolute Gasteiger partial charge is 0.377 e. The minimum atomic E-state index is -0.843. The van der Waals surface area contributed by atoms with E-state index in [1.165, 1.54) is 0 Å². The van der Waals surface area contributed by atoms with Crippen molar-refractivity contribution in [3.8, 4) is 0 Å². The first-order valence-corrected chi connectivity index (χ1v) is 14.6. The second-order valence-electron chi connectivity index (χ2n) is 9.77. The molecule has 2 rings (SSSR count). The van der Waals surface area contributed by atoms with Crippen LogP contribution in [0.5, 0.6) is 0 Å². The van der Waals surface area contributed by atoms with E-state index in [9.17, 15) is 38.4 Å². The fraction of sp³-hybridized carbons (Fsp3) is 0.704. The van der Waals surface area contributed by atoms with Crippen LogP contribution in [0.3, 0.4) is 0 Å². The minimum Gasteiger partial charge on any atom is -0.377 e. The third-order valence-electron chi connectivity index (χ3n) is 6.00. The Morgan fingerprint density at radius 3 is 1.44 bits per heavy atom. The van der Waals surface area contributed by atoms with Crippen molar-refractivity contribution in [3.63, 3.8) is 0 Å². The molecular weight excluding hydrogens is 604 g/mol. The monoisotopic (exact) mass is 644 g/mol. The molecule has 0 spiro atoms. The van der Waals surface area contributed by atoms with Gasteiger partial charge in [0.05, 0.1) is 65.2 Å². The van der Waals surface area contributed by atoms with Gasteiger partial charge in [-0.05, 0) is 6.92 Å². The average Bonchev–Trinajstić information content (AvgIpc) is 3.50. The molecule has 2 aliphatic rings. The summed E-state index contributed by atoms with van der Waals surface area (Å²) in [6, 6.07) is 0. The molecule has 1 atom stereocenters. The molecular formula is C27H40N4O14. The Morgan fingerprint density at radius 1 is 0.600 bits per heavy atom. The summed E-state index contributed by atoms with van der Waals surface area (Å²) in [5.41, 5.74) is 0. The first kappa shape index (κ1) is 37.2. The van der Waals surface area contributed by atoms with Gasteiger partial charge in [-0.3, -0.25) is 28.8 Å². The molecule has 252 valence electrons. The number of nitrogens with zero attached hydrogens (tertiary/aromatic N) is 2. The van der Waals surface area contributed by atoms with Gasteiger partial charge in [0.25, 0.3) is 23.6 Å². The Morgan fingerprint density at radius 2 is 1.00 bits per heavy atom. The van der Waals surface area contributed by atoms with Crippen molar-refractivity contribution in [1.82, 2.24) is 20.8 Å².